The Balaban J connectivity index is 2.48. The predicted molar refractivity (Wildman–Crippen MR) is 86.9 cm³/mol. The largest absolute Gasteiger partial charge is 0.497 e. The Morgan fingerprint density at radius 2 is 1.88 bits per heavy atom. The van der Waals surface area contributed by atoms with E-state index >= 15 is 0 Å². The van der Waals surface area contributed by atoms with Gasteiger partial charge in [-0.2, -0.15) is 5.10 Å². The highest BCUT2D eigenvalue weighted by Crippen LogP contribution is 2.26. The molecular formula is C17H20N2O5. The van der Waals surface area contributed by atoms with Gasteiger partial charge in [-0.15, -0.1) is 0 Å². The second-order valence-corrected chi connectivity index (χ2v) is 5.01. The number of nitrogens with zero attached hydrogens (tertiary/aromatic N) is 2. The van der Waals surface area contributed by atoms with Crippen LogP contribution in [0.5, 0.6) is 5.75 Å². The van der Waals surface area contributed by atoms with Gasteiger partial charge in [0.2, 0.25) is 0 Å². The van der Waals surface area contributed by atoms with E-state index in [9.17, 15) is 9.59 Å². The van der Waals surface area contributed by atoms with Crippen LogP contribution < -0.4 is 4.74 Å². The first-order chi connectivity index (χ1) is 11.5. The molecule has 0 fully saturated rings. The van der Waals surface area contributed by atoms with Crippen LogP contribution in [0.15, 0.2) is 30.3 Å². The zero-order valence-corrected chi connectivity index (χ0v) is 14.1. The Morgan fingerprint density at radius 3 is 2.42 bits per heavy atom. The highest BCUT2D eigenvalue weighted by Gasteiger charge is 2.24. The summed E-state index contributed by atoms with van der Waals surface area (Å²) in [4.78, 5) is 23.9. The summed E-state index contributed by atoms with van der Waals surface area (Å²) < 4.78 is 16.4. The fourth-order valence-electron chi connectivity index (χ4n) is 2.23. The summed E-state index contributed by atoms with van der Waals surface area (Å²) in [6.45, 7) is 3.67. The van der Waals surface area contributed by atoms with Crippen molar-refractivity contribution in [3.63, 3.8) is 0 Å². The number of carbonyl (C=O) groups excluding carboxylic acids is 2. The lowest BCUT2D eigenvalue weighted by molar-refractivity contribution is -0.146. The van der Waals surface area contributed by atoms with Crippen LogP contribution in [0.2, 0.25) is 0 Å². The van der Waals surface area contributed by atoms with Gasteiger partial charge in [0.25, 0.3) is 0 Å². The molecule has 0 amide bonds. The Bertz CT molecular complexity index is 721. The van der Waals surface area contributed by atoms with Crippen molar-refractivity contribution in [3.8, 4) is 17.0 Å². The number of hydrogen-bond acceptors (Lipinski definition) is 6. The second kappa shape index (κ2) is 7.63. The van der Waals surface area contributed by atoms with Crippen LogP contribution in [0.1, 0.15) is 30.4 Å². The first-order valence-corrected chi connectivity index (χ1v) is 7.50. The number of carbonyl (C=O) groups is 2. The molecule has 0 spiro atoms. The zero-order valence-electron chi connectivity index (χ0n) is 14.1. The summed E-state index contributed by atoms with van der Waals surface area (Å²) in [6, 6.07) is 8.14. The normalized spacial score (nSPS) is 11.7. The van der Waals surface area contributed by atoms with Crippen LogP contribution in [-0.4, -0.2) is 42.5 Å². The Kier molecular flexibility index (Phi) is 5.57. The number of benzene rings is 1. The lowest BCUT2D eigenvalue weighted by Gasteiger charge is -2.14. The van der Waals surface area contributed by atoms with Crippen LogP contribution in [0.3, 0.4) is 0 Å². The van der Waals surface area contributed by atoms with Gasteiger partial charge < -0.3 is 14.2 Å². The molecule has 0 radical (unpaired) electrons. The van der Waals surface area contributed by atoms with Crippen molar-refractivity contribution in [1.82, 2.24) is 9.78 Å². The average Bonchev–Trinajstić information content (AvgIpc) is 3.05. The molecule has 24 heavy (non-hydrogen) atoms. The van der Waals surface area contributed by atoms with Crippen molar-refractivity contribution in [2.75, 3.05) is 20.8 Å². The highest BCUT2D eigenvalue weighted by molar-refractivity contribution is 5.89. The summed E-state index contributed by atoms with van der Waals surface area (Å²) in [5.41, 5.74) is 1.52. The molecule has 1 unspecified atom stereocenters. The third-order valence-electron chi connectivity index (χ3n) is 3.51. The Hall–Kier alpha value is -2.83. The van der Waals surface area contributed by atoms with Crippen molar-refractivity contribution in [2.45, 2.75) is 19.9 Å². The minimum Gasteiger partial charge on any atom is -0.497 e. The molecule has 7 nitrogen and oxygen atoms in total. The molecule has 1 heterocycles. The molecule has 0 aliphatic heterocycles. The van der Waals surface area contributed by atoms with Crippen LogP contribution in [-0.2, 0) is 14.3 Å². The Labute approximate surface area is 140 Å². The first kappa shape index (κ1) is 17.5. The topological polar surface area (TPSA) is 79.7 Å². The van der Waals surface area contributed by atoms with Gasteiger partial charge >= 0.3 is 11.9 Å². The lowest BCUT2D eigenvalue weighted by atomic mass is 10.1. The maximum Gasteiger partial charge on any atom is 0.358 e. The molecule has 0 bridgehead atoms. The summed E-state index contributed by atoms with van der Waals surface area (Å²) >= 11 is 0. The summed E-state index contributed by atoms with van der Waals surface area (Å²) in [6.07, 6.45) is 0. The summed E-state index contributed by atoms with van der Waals surface area (Å²) in [5.74, 6) is -0.289. The maximum atomic E-state index is 12.1. The maximum absolute atomic E-state index is 12.1. The smallest absolute Gasteiger partial charge is 0.358 e. The van der Waals surface area contributed by atoms with E-state index < -0.39 is 18.0 Å². The first-order valence-electron chi connectivity index (χ1n) is 7.50. The molecule has 1 atom stereocenters. The van der Waals surface area contributed by atoms with Gasteiger partial charge in [0, 0.05) is 5.56 Å². The minimum absolute atomic E-state index is 0.125. The number of aromatic nitrogens is 2. The van der Waals surface area contributed by atoms with Crippen molar-refractivity contribution >= 4 is 11.9 Å². The van der Waals surface area contributed by atoms with E-state index in [1.807, 2.05) is 12.1 Å². The van der Waals surface area contributed by atoms with Gasteiger partial charge in [-0.05, 0) is 44.2 Å². The molecule has 7 heteroatoms. The van der Waals surface area contributed by atoms with E-state index in [0.717, 1.165) is 5.56 Å². The fraction of sp³-hybridized carbons (Fsp3) is 0.353. The Morgan fingerprint density at radius 1 is 1.21 bits per heavy atom. The molecule has 2 rings (SSSR count). The standard InChI is InChI=1S/C17H20N2O5/c1-5-24-16(20)11(2)19-15(10-14(18-19)17(21)23-4)12-6-8-13(22-3)9-7-12/h6-11H,5H2,1-4H3. The molecule has 1 aromatic carbocycles. The number of methoxy groups -OCH3 is 2. The molecule has 2 aromatic rings. The predicted octanol–water partition coefficient (Wildman–Crippen LogP) is 2.47. The van der Waals surface area contributed by atoms with Crippen LogP contribution in [0.25, 0.3) is 11.3 Å². The van der Waals surface area contributed by atoms with Gasteiger partial charge in [0.05, 0.1) is 26.5 Å². The SMILES string of the molecule is CCOC(=O)C(C)n1nc(C(=O)OC)cc1-c1ccc(OC)cc1. The van der Waals surface area contributed by atoms with Crippen molar-refractivity contribution < 1.29 is 23.8 Å². The van der Waals surface area contributed by atoms with Gasteiger partial charge in [0.15, 0.2) is 5.69 Å². The highest BCUT2D eigenvalue weighted by atomic mass is 16.5. The molecule has 0 N–H and O–H groups in total. The van der Waals surface area contributed by atoms with E-state index in [2.05, 4.69) is 5.10 Å². The van der Waals surface area contributed by atoms with Crippen molar-refractivity contribution in [1.29, 1.82) is 0 Å². The van der Waals surface area contributed by atoms with E-state index in [0.29, 0.717) is 11.4 Å². The molecular weight excluding hydrogens is 312 g/mol. The average molecular weight is 332 g/mol. The minimum atomic E-state index is -0.680. The van der Waals surface area contributed by atoms with Crippen LogP contribution in [0.4, 0.5) is 0 Å². The van der Waals surface area contributed by atoms with E-state index in [4.69, 9.17) is 14.2 Å². The van der Waals surface area contributed by atoms with E-state index in [-0.39, 0.29) is 12.3 Å². The third kappa shape index (κ3) is 3.56. The second-order valence-electron chi connectivity index (χ2n) is 5.01. The summed E-state index contributed by atoms with van der Waals surface area (Å²) in [7, 11) is 2.86. The number of ether oxygens (including phenoxy) is 3. The van der Waals surface area contributed by atoms with Crippen LogP contribution in [0, 0.1) is 0 Å². The van der Waals surface area contributed by atoms with Crippen LogP contribution >= 0.6 is 0 Å². The third-order valence-corrected chi connectivity index (χ3v) is 3.51. The van der Waals surface area contributed by atoms with Crippen molar-refractivity contribution in [3.05, 3.63) is 36.0 Å². The van der Waals surface area contributed by atoms with E-state index in [1.165, 1.54) is 11.8 Å². The van der Waals surface area contributed by atoms with Crippen molar-refractivity contribution in [2.24, 2.45) is 0 Å². The van der Waals surface area contributed by atoms with Gasteiger partial charge in [-0.3, -0.25) is 0 Å². The molecule has 0 saturated carbocycles. The zero-order chi connectivity index (χ0) is 17.7. The molecule has 0 aliphatic rings. The fourth-order valence-corrected chi connectivity index (χ4v) is 2.23. The van der Waals surface area contributed by atoms with Gasteiger partial charge in [-0.1, -0.05) is 0 Å². The molecule has 0 aliphatic carbocycles. The monoisotopic (exact) mass is 332 g/mol. The molecule has 1 aromatic heterocycles. The quantitative estimate of drug-likeness (QED) is 0.756. The van der Waals surface area contributed by atoms with Gasteiger partial charge in [0.1, 0.15) is 11.8 Å². The molecule has 128 valence electrons. The number of esters is 2. The summed E-state index contributed by atoms with van der Waals surface area (Å²) in [5, 5.41) is 4.21. The number of hydrogen-bond donors (Lipinski definition) is 0. The number of rotatable bonds is 6. The molecule has 0 saturated heterocycles. The lowest BCUT2D eigenvalue weighted by Crippen LogP contribution is -2.21. The van der Waals surface area contributed by atoms with Gasteiger partial charge in [-0.25, -0.2) is 14.3 Å². The van der Waals surface area contributed by atoms with E-state index in [1.54, 1.807) is 39.2 Å².